The van der Waals surface area contributed by atoms with Gasteiger partial charge in [-0.1, -0.05) is 0 Å². The first-order chi connectivity index (χ1) is 4.88. The first-order valence-corrected chi connectivity index (χ1v) is 3.53. The highest BCUT2D eigenvalue weighted by molar-refractivity contribution is 9.10. The van der Waals surface area contributed by atoms with Gasteiger partial charge in [-0.05, 0) is 12.1 Å². The van der Waals surface area contributed by atoms with E-state index in [0.29, 0.717) is 5.82 Å². The number of ether oxygens (including phenoxy) is 1. The van der Waals surface area contributed by atoms with Crippen molar-refractivity contribution in [2.75, 3.05) is 11.5 Å². The standard InChI is InChI=1S/C6H7BrN2O/c1-10-5-3-2-4-8-6(5)9-7/h2-4H,1H3,(H,8,9). The van der Waals surface area contributed by atoms with Crippen molar-refractivity contribution < 1.29 is 4.74 Å². The van der Waals surface area contributed by atoms with Gasteiger partial charge in [0.05, 0.1) is 7.11 Å². The summed E-state index contributed by atoms with van der Waals surface area (Å²) in [5.74, 6) is 1.41. The van der Waals surface area contributed by atoms with E-state index in [2.05, 4.69) is 25.5 Å². The molecule has 0 aromatic carbocycles. The monoisotopic (exact) mass is 202 g/mol. The zero-order valence-corrected chi connectivity index (χ0v) is 7.05. The van der Waals surface area contributed by atoms with Crippen LogP contribution in [-0.4, -0.2) is 12.1 Å². The molecule has 0 aliphatic heterocycles. The number of hydrogen-bond acceptors (Lipinski definition) is 3. The molecule has 1 N–H and O–H groups in total. The number of nitrogens with one attached hydrogen (secondary N) is 1. The molecule has 1 aromatic heterocycles. The van der Waals surface area contributed by atoms with Crippen molar-refractivity contribution in [1.29, 1.82) is 0 Å². The molecule has 0 bridgehead atoms. The Bertz CT molecular complexity index is 194. The quantitative estimate of drug-likeness (QED) is 0.744. The molecule has 0 unspecified atom stereocenters. The van der Waals surface area contributed by atoms with Gasteiger partial charge in [0.1, 0.15) is 0 Å². The summed E-state index contributed by atoms with van der Waals surface area (Å²) in [5.41, 5.74) is 0. The predicted molar refractivity (Wildman–Crippen MR) is 43.3 cm³/mol. The second kappa shape index (κ2) is 3.41. The van der Waals surface area contributed by atoms with Gasteiger partial charge in [-0.3, -0.25) is 0 Å². The summed E-state index contributed by atoms with van der Waals surface area (Å²) in [7, 11) is 1.60. The highest BCUT2D eigenvalue weighted by Crippen LogP contribution is 2.20. The van der Waals surface area contributed by atoms with Crippen LogP contribution in [0.2, 0.25) is 0 Å². The zero-order valence-electron chi connectivity index (χ0n) is 5.47. The Balaban J connectivity index is 2.96. The van der Waals surface area contributed by atoms with Gasteiger partial charge >= 0.3 is 0 Å². The highest BCUT2D eigenvalue weighted by Gasteiger charge is 1.98. The van der Waals surface area contributed by atoms with E-state index in [4.69, 9.17) is 4.74 Å². The Morgan fingerprint density at radius 1 is 1.70 bits per heavy atom. The summed E-state index contributed by atoms with van der Waals surface area (Å²) in [5, 5.41) is 0. The summed E-state index contributed by atoms with van der Waals surface area (Å²) in [6.07, 6.45) is 1.69. The van der Waals surface area contributed by atoms with Crippen molar-refractivity contribution in [2.24, 2.45) is 0 Å². The molecule has 1 rings (SSSR count). The van der Waals surface area contributed by atoms with Gasteiger partial charge in [-0.2, -0.15) is 0 Å². The lowest BCUT2D eigenvalue weighted by Crippen LogP contribution is -1.90. The Hall–Kier alpha value is -0.770. The van der Waals surface area contributed by atoms with Crippen LogP contribution in [0.5, 0.6) is 5.75 Å². The molecule has 4 heteroatoms. The average molecular weight is 203 g/mol. The maximum atomic E-state index is 4.98. The van der Waals surface area contributed by atoms with E-state index in [9.17, 15) is 0 Å². The molecule has 1 aromatic rings. The predicted octanol–water partition coefficient (Wildman–Crippen LogP) is 1.81. The Morgan fingerprint density at radius 3 is 3.00 bits per heavy atom. The van der Waals surface area contributed by atoms with Crippen molar-refractivity contribution in [3.8, 4) is 5.75 Å². The lowest BCUT2D eigenvalue weighted by molar-refractivity contribution is 0.415. The molecule has 0 amide bonds. The molecular weight excluding hydrogens is 196 g/mol. The SMILES string of the molecule is COc1cccnc1NBr. The molecule has 0 aliphatic carbocycles. The van der Waals surface area contributed by atoms with Gasteiger partial charge in [-0.15, -0.1) is 0 Å². The fourth-order valence-electron chi connectivity index (χ4n) is 0.626. The van der Waals surface area contributed by atoms with E-state index in [1.165, 1.54) is 0 Å². The molecule has 0 aliphatic rings. The van der Waals surface area contributed by atoms with Crippen LogP contribution in [0.15, 0.2) is 18.3 Å². The van der Waals surface area contributed by atoms with E-state index in [1.54, 1.807) is 13.3 Å². The second-order valence-corrected chi connectivity index (χ2v) is 2.05. The van der Waals surface area contributed by atoms with Gasteiger partial charge in [-0.25, -0.2) is 4.98 Å². The van der Waals surface area contributed by atoms with Crippen LogP contribution >= 0.6 is 16.1 Å². The fraction of sp³-hybridized carbons (Fsp3) is 0.167. The van der Waals surface area contributed by atoms with Crippen LogP contribution in [0.3, 0.4) is 0 Å². The molecule has 0 saturated heterocycles. The number of aromatic nitrogens is 1. The van der Waals surface area contributed by atoms with Crippen molar-refractivity contribution in [3.63, 3.8) is 0 Å². The minimum Gasteiger partial charge on any atom is -0.493 e. The van der Waals surface area contributed by atoms with Crippen LogP contribution in [-0.2, 0) is 0 Å². The van der Waals surface area contributed by atoms with Gasteiger partial charge in [0.2, 0.25) is 0 Å². The Labute approximate surface area is 67.8 Å². The minimum atomic E-state index is 0.685. The van der Waals surface area contributed by atoms with Crippen LogP contribution in [0.1, 0.15) is 0 Å². The lowest BCUT2D eigenvalue weighted by Gasteiger charge is -2.02. The van der Waals surface area contributed by atoms with Gasteiger partial charge in [0.15, 0.2) is 11.6 Å². The number of halogens is 1. The summed E-state index contributed by atoms with van der Waals surface area (Å²) in [6.45, 7) is 0. The van der Waals surface area contributed by atoms with Crippen molar-refractivity contribution in [1.82, 2.24) is 4.98 Å². The number of rotatable bonds is 2. The van der Waals surface area contributed by atoms with E-state index in [0.717, 1.165) is 5.75 Å². The third-order valence-corrected chi connectivity index (χ3v) is 1.46. The van der Waals surface area contributed by atoms with E-state index in [-0.39, 0.29) is 0 Å². The van der Waals surface area contributed by atoms with E-state index >= 15 is 0 Å². The summed E-state index contributed by atoms with van der Waals surface area (Å²) in [4.78, 5) is 3.99. The maximum Gasteiger partial charge on any atom is 0.178 e. The van der Waals surface area contributed by atoms with Crippen molar-refractivity contribution >= 4 is 22.0 Å². The normalized spacial score (nSPS) is 9.00. The number of methoxy groups -OCH3 is 1. The summed E-state index contributed by atoms with van der Waals surface area (Å²) >= 11 is 3.06. The van der Waals surface area contributed by atoms with Crippen molar-refractivity contribution in [3.05, 3.63) is 18.3 Å². The first kappa shape index (κ1) is 7.34. The Kier molecular flexibility index (Phi) is 2.50. The molecule has 10 heavy (non-hydrogen) atoms. The molecule has 3 nitrogen and oxygen atoms in total. The molecule has 54 valence electrons. The van der Waals surface area contributed by atoms with Crippen molar-refractivity contribution in [2.45, 2.75) is 0 Å². The number of pyridine rings is 1. The third-order valence-electron chi connectivity index (χ3n) is 1.08. The van der Waals surface area contributed by atoms with Gasteiger partial charge in [0.25, 0.3) is 0 Å². The topological polar surface area (TPSA) is 34.1 Å². The highest BCUT2D eigenvalue weighted by atomic mass is 79.9. The average Bonchev–Trinajstić information content (AvgIpc) is 2.04. The smallest absolute Gasteiger partial charge is 0.178 e. The fourth-order valence-corrected chi connectivity index (χ4v) is 0.924. The van der Waals surface area contributed by atoms with E-state index < -0.39 is 0 Å². The molecule has 0 saturated carbocycles. The second-order valence-electron chi connectivity index (χ2n) is 1.65. The lowest BCUT2D eigenvalue weighted by atomic mass is 10.4. The number of anilines is 1. The third kappa shape index (κ3) is 1.39. The van der Waals surface area contributed by atoms with Gasteiger partial charge < -0.3 is 9.08 Å². The zero-order chi connectivity index (χ0) is 7.40. The first-order valence-electron chi connectivity index (χ1n) is 2.74. The minimum absolute atomic E-state index is 0.685. The molecule has 0 spiro atoms. The summed E-state index contributed by atoms with van der Waals surface area (Å²) < 4.78 is 7.70. The van der Waals surface area contributed by atoms with Crippen LogP contribution < -0.4 is 9.08 Å². The maximum absolute atomic E-state index is 4.98. The Morgan fingerprint density at radius 2 is 2.50 bits per heavy atom. The molecule has 1 heterocycles. The molecular formula is C6H7BrN2O. The van der Waals surface area contributed by atoms with Crippen LogP contribution in [0, 0.1) is 0 Å². The van der Waals surface area contributed by atoms with E-state index in [1.807, 2.05) is 12.1 Å². The van der Waals surface area contributed by atoms with Crippen LogP contribution in [0.4, 0.5) is 5.82 Å². The summed E-state index contributed by atoms with van der Waals surface area (Å²) in [6, 6.07) is 3.64. The van der Waals surface area contributed by atoms with Gasteiger partial charge in [0, 0.05) is 22.3 Å². The molecule has 0 radical (unpaired) electrons. The van der Waals surface area contributed by atoms with Crippen LogP contribution in [0.25, 0.3) is 0 Å². The molecule has 0 atom stereocenters. The largest absolute Gasteiger partial charge is 0.493 e. The molecule has 0 fully saturated rings. The number of hydrogen-bond donors (Lipinski definition) is 1. The number of nitrogens with zero attached hydrogens (tertiary/aromatic N) is 1.